The van der Waals surface area contributed by atoms with Crippen molar-refractivity contribution in [2.75, 3.05) is 13.7 Å². The van der Waals surface area contributed by atoms with Crippen LogP contribution in [-0.2, 0) is 9.59 Å². The number of halogens is 1. The molecule has 1 aliphatic rings. The van der Waals surface area contributed by atoms with Crippen molar-refractivity contribution in [1.29, 1.82) is 0 Å². The summed E-state index contributed by atoms with van der Waals surface area (Å²) in [5, 5.41) is 10.9. The van der Waals surface area contributed by atoms with Gasteiger partial charge in [0.25, 0.3) is 11.7 Å². The molecule has 1 atom stereocenters. The van der Waals surface area contributed by atoms with Crippen molar-refractivity contribution >= 4 is 17.4 Å². The fourth-order valence-electron chi connectivity index (χ4n) is 3.36. The maximum Gasteiger partial charge on any atom is 0.295 e. The van der Waals surface area contributed by atoms with E-state index in [2.05, 4.69) is 0 Å². The van der Waals surface area contributed by atoms with Crippen LogP contribution >= 0.6 is 0 Å². The number of carbonyl (C=O) groups is 2. The van der Waals surface area contributed by atoms with E-state index in [1.54, 1.807) is 36.4 Å². The normalized spacial score (nSPS) is 18.5. The van der Waals surface area contributed by atoms with Gasteiger partial charge in [-0.1, -0.05) is 31.5 Å². The number of hydrogen-bond acceptors (Lipinski definition) is 4. The zero-order valence-electron chi connectivity index (χ0n) is 15.8. The van der Waals surface area contributed by atoms with Crippen LogP contribution in [0.1, 0.15) is 36.9 Å². The Balaban J connectivity index is 2.16. The van der Waals surface area contributed by atoms with Gasteiger partial charge in [-0.15, -0.1) is 0 Å². The first-order chi connectivity index (χ1) is 13.5. The number of ether oxygens (including phenoxy) is 1. The van der Waals surface area contributed by atoms with Gasteiger partial charge in [-0.05, 0) is 36.8 Å². The first-order valence-electron chi connectivity index (χ1n) is 9.16. The summed E-state index contributed by atoms with van der Waals surface area (Å²) in [6, 6.07) is 11.5. The Kier molecular flexibility index (Phi) is 5.78. The Hall–Kier alpha value is -3.15. The first kappa shape index (κ1) is 19.6. The van der Waals surface area contributed by atoms with E-state index in [-0.39, 0.29) is 16.9 Å². The van der Waals surface area contributed by atoms with Gasteiger partial charge in [-0.3, -0.25) is 9.59 Å². The summed E-state index contributed by atoms with van der Waals surface area (Å²) >= 11 is 0. The maximum atomic E-state index is 14.6. The summed E-state index contributed by atoms with van der Waals surface area (Å²) in [6.07, 6.45) is 1.48. The maximum absolute atomic E-state index is 14.6. The van der Waals surface area contributed by atoms with Crippen LogP contribution in [0.25, 0.3) is 5.76 Å². The molecule has 0 radical (unpaired) electrons. The molecule has 1 N–H and O–H groups in total. The standard InChI is InChI=1S/C22H22FNO4/c1-3-4-13-24-19(16-7-5-6-8-17(16)23)18(21(26)22(24)27)20(25)14-9-11-15(28-2)12-10-14/h5-12,19,25H,3-4,13H2,1-2H3. The molecule has 1 fully saturated rings. The smallest absolute Gasteiger partial charge is 0.295 e. The first-order valence-corrected chi connectivity index (χ1v) is 9.16. The lowest BCUT2D eigenvalue weighted by atomic mass is 9.95. The molecule has 2 aromatic rings. The number of likely N-dealkylation sites (tertiary alicyclic amines) is 1. The van der Waals surface area contributed by atoms with E-state index in [4.69, 9.17) is 4.74 Å². The third kappa shape index (κ3) is 3.50. The monoisotopic (exact) mass is 383 g/mol. The molecule has 1 amide bonds. The predicted octanol–water partition coefficient (Wildman–Crippen LogP) is 4.06. The molecule has 1 aliphatic heterocycles. The summed E-state index contributed by atoms with van der Waals surface area (Å²) in [4.78, 5) is 26.7. The van der Waals surface area contributed by atoms with Crippen LogP contribution in [0.15, 0.2) is 54.1 Å². The molecular formula is C22H22FNO4. The molecule has 1 unspecified atom stereocenters. The summed E-state index contributed by atoms with van der Waals surface area (Å²) < 4.78 is 19.7. The number of benzene rings is 2. The van der Waals surface area contributed by atoms with Crippen molar-refractivity contribution in [2.24, 2.45) is 0 Å². The number of amides is 1. The van der Waals surface area contributed by atoms with Crippen LogP contribution in [0.2, 0.25) is 0 Å². The second-order valence-corrected chi connectivity index (χ2v) is 6.60. The second-order valence-electron chi connectivity index (χ2n) is 6.60. The Labute approximate surface area is 163 Å². The molecule has 0 saturated carbocycles. The van der Waals surface area contributed by atoms with E-state index in [0.717, 1.165) is 6.42 Å². The highest BCUT2D eigenvalue weighted by molar-refractivity contribution is 6.46. The van der Waals surface area contributed by atoms with Gasteiger partial charge in [0.2, 0.25) is 0 Å². The van der Waals surface area contributed by atoms with Gasteiger partial charge in [0.15, 0.2) is 0 Å². The van der Waals surface area contributed by atoms with E-state index in [1.165, 1.54) is 24.1 Å². The van der Waals surface area contributed by atoms with Gasteiger partial charge in [0, 0.05) is 17.7 Å². The fourth-order valence-corrected chi connectivity index (χ4v) is 3.36. The van der Waals surface area contributed by atoms with Crippen molar-refractivity contribution in [3.8, 4) is 5.75 Å². The second kappa shape index (κ2) is 8.25. The number of carbonyl (C=O) groups excluding carboxylic acids is 2. The number of Topliss-reactive ketones (excluding diaryl/α,β-unsaturated/α-hetero) is 1. The fraction of sp³-hybridized carbons (Fsp3) is 0.273. The van der Waals surface area contributed by atoms with Crippen molar-refractivity contribution in [1.82, 2.24) is 4.90 Å². The highest BCUT2D eigenvalue weighted by atomic mass is 19.1. The Morgan fingerprint density at radius 3 is 2.43 bits per heavy atom. The van der Waals surface area contributed by atoms with Crippen LogP contribution in [0.3, 0.4) is 0 Å². The number of aliphatic hydroxyl groups excluding tert-OH is 1. The summed E-state index contributed by atoms with van der Waals surface area (Å²) in [6.45, 7) is 2.27. The number of methoxy groups -OCH3 is 1. The SMILES string of the molecule is CCCCN1C(=O)C(=O)C(=C(O)c2ccc(OC)cc2)C1c1ccccc1F. The molecular weight excluding hydrogens is 361 g/mol. The van der Waals surface area contributed by atoms with E-state index in [1.807, 2.05) is 6.92 Å². The van der Waals surface area contributed by atoms with Gasteiger partial charge in [-0.2, -0.15) is 0 Å². The molecule has 6 heteroatoms. The van der Waals surface area contributed by atoms with E-state index < -0.39 is 23.5 Å². The number of nitrogens with zero attached hydrogens (tertiary/aromatic N) is 1. The molecule has 146 valence electrons. The number of hydrogen-bond donors (Lipinski definition) is 1. The molecule has 0 aromatic heterocycles. The Morgan fingerprint density at radius 1 is 1.14 bits per heavy atom. The summed E-state index contributed by atoms with van der Waals surface area (Å²) in [5.74, 6) is -1.80. The number of unbranched alkanes of at least 4 members (excludes halogenated alkanes) is 1. The van der Waals surface area contributed by atoms with E-state index >= 15 is 0 Å². The molecule has 28 heavy (non-hydrogen) atoms. The van der Waals surface area contributed by atoms with Gasteiger partial charge in [0.1, 0.15) is 17.3 Å². The minimum atomic E-state index is -0.963. The Bertz CT molecular complexity index is 920. The quantitative estimate of drug-likeness (QED) is 0.464. The number of aliphatic hydroxyl groups is 1. The largest absolute Gasteiger partial charge is 0.507 e. The minimum Gasteiger partial charge on any atom is -0.507 e. The van der Waals surface area contributed by atoms with Crippen molar-refractivity contribution in [3.05, 3.63) is 71.0 Å². The van der Waals surface area contributed by atoms with Gasteiger partial charge < -0.3 is 14.7 Å². The van der Waals surface area contributed by atoms with Gasteiger partial charge in [-0.25, -0.2) is 4.39 Å². The molecule has 0 aliphatic carbocycles. The van der Waals surface area contributed by atoms with Gasteiger partial charge >= 0.3 is 0 Å². The van der Waals surface area contributed by atoms with E-state index in [9.17, 15) is 19.1 Å². The topological polar surface area (TPSA) is 66.8 Å². The molecule has 0 bridgehead atoms. The zero-order valence-corrected chi connectivity index (χ0v) is 15.8. The van der Waals surface area contributed by atoms with Crippen molar-refractivity contribution in [3.63, 3.8) is 0 Å². The average molecular weight is 383 g/mol. The highest BCUT2D eigenvalue weighted by Crippen LogP contribution is 2.40. The lowest BCUT2D eigenvalue weighted by Gasteiger charge is -2.25. The molecule has 3 rings (SSSR count). The number of rotatable bonds is 6. The zero-order chi connectivity index (χ0) is 20.3. The average Bonchev–Trinajstić information content (AvgIpc) is 2.96. The summed E-state index contributed by atoms with van der Waals surface area (Å²) in [5.41, 5.74) is 0.444. The molecule has 0 spiro atoms. The van der Waals surface area contributed by atoms with Crippen LogP contribution in [0, 0.1) is 5.82 Å². The molecule has 2 aromatic carbocycles. The van der Waals surface area contributed by atoms with Crippen LogP contribution in [-0.4, -0.2) is 35.4 Å². The lowest BCUT2D eigenvalue weighted by molar-refractivity contribution is -0.139. The third-order valence-electron chi connectivity index (χ3n) is 4.86. The highest BCUT2D eigenvalue weighted by Gasteiger charge is 2.46. The van der Waals surface area contributed by atoms with Crippen LogP contribution in [0.5, 0.6) is 5.75 Å². The number of ketones is 1. The summed E-state index contributed by atoms with van der Waals surface area (Å²) in [7, 11) is 1.52. The lowest BCUT2D eigenvalue weighted by Crippen LogP contribution is -2.31. The molecule has 1 heterocycles. The minimum absolute atomic E-state index is 0.101. The predicted molar refractivity (Wildman–Crippen MR) is 103 cm³/mol. The molecule has 5 nitrogen and oxygen atoms in total. The van der Waals surface area contributed by atoms with Crippen molar-refractivity contribution < 1.29 is 23.8 Å². The van der Waals surface area contributed by atoms with Gasteiger partial charge in [0.05, 0.1) is 18.7 Å². The Morgan fingerprint density at radius 2 is 1.82 bits per heavy atom. The third-order valence-corrected chi connectivity index (χ3v) is 4.86. The van der Waals surface area contributed by atoms with Crippen LogP contribution in [0.4, 0.5) is 4.39 Å². The van der Waals surface area contributed by atoms with E-state index in [0.29, 0.717) is 24.3 Å². The molecule has 1 saturated heterocycles. The van der Waals surface area contributed by atoms with Crippen LogP contribution < -0.4 is 4.74 Å². The van der Waals surface area contributed by atoms with Crippen molar-refractivity contribution in [2.45, 2.75) is 25.8 Å².